The number of anilines is 2. The van der Waals surface area contributed by atoms with Crippen LogP contribution < -0.4 is 10.2 Å². The van der Waals surface area contributed by atoms with Crippen LogP contribution in [0.3, 0.4) is 0 Å². The molecule has 32 heavy (non-hydrogen) atoms. The van der Waals surface area contributed by atoms with Crippen molar-refractivity contribution in [1.29, 1.82) is 0 Å². The van der Waals surface area contributed by atoms with Crippen molar-refractivity contribution in [3.63, 3.8) is 0 Å². The van der Waals surface area contributed by atoms with Gasteiger partial charge in [0.2, 0.25) is 0 Å². The predicted octanol–water partition coefficient (Wildman–Crippen LogP) is 4.95. The number of benzene rings is 2. The summed E-state index contributed by atoms with van der Waals surface area (Å²) in [6, 6.07) is 19.1. The first kappa shape index (κ1) is 20.9. The number of morpholine rings is 1. The standard InChI is InChI=1S/C25H26N4O2S/c1-30-16-22-27-24(23-21(17-32-25(23)28-22)19-5-3-2-4-6-19)26-15-18-7-9-20(10-8-18)29-11-13-31-14-12-29/h2-10,17H,11-16H2,1H3,(H,26,27,28). The average Bonchev–Trinajstić information content (AvgIpc) is 3.28. The number of aromatic nitrogens is 2. The first-order valence-corrected chi connectivity index (χ1v) is 11.7. The van der Waals surface area contributed by atoms with Gasteiger partial charge < -0.3 is 19.7 Å². The van der Waals surface area contributed by atoms with E-state index in [0.29, 0.717) is 19.0 Å². The van der Waals surface area contributed by atoms with Crippen LogP contribution in [0.25, 0.3) is 21.3 Å². The van der Waals surface area contributed by atoms with E-state index in [0.717, 1.165) is 47.9 Å². The first-order chi connectivity index (χ1) is 15.8. The van der Waals surface area contributed by atoms with Crippen molar-refractivity contribution < 1.29 is 9.47 Å². The van der Waals surface area contributed by atoms with Crippen LogP contribution in [0, 0.1) is 0 Å². The lowest BCUT2D eigenvalue weighted by atomic mass is 10.1. The largest absolute Gasteiger partial charge is 0.378 e. The zero-order valence-corrected chi connectivity index (χ0v) is 18.9. The Kier molecular flexibility index (Phi) is 6.29. The second-order valence-corrected chi connectivity index (χ2v) is 8.59. The minimum Gasteiger partial charge on any atom is -0.378 e. The molecule has 7 heteroatoms. The summed E-state index contributed by atoms with van der Waals surface area (Å²) >= 11 is 1.64. The third-order valence-corrected chi connectivity index (χ3v) is 6.48. The molecule has 1 fully saturated rings. The van der Waals surface area contributed by atoms with Crippen LogP contribution in [-0.4, -0.2) is 43.4 Å². The number of nitrogens with one attached hydrogen (secondary N) is 1. The molecule has 2 aromatic carbocycles. The van der Waals surface area contributed by atoms with E-state index in [1.54, 1.807) is 18.4 Å². The van der Waals surface area contributed by atoms with Gasteiger partial charge in [-0.3, -0.25) is 0 Å². The molecule has 0 spiro atoms. The number of rotatable bonds is 7. The van der Waals surface area contributed by atoms with Crippen molar-refractivity contribution in [1.82, 2.24) is 9.97 Å². The van der Waals surface area contributed by atoms with Crippen LogP contribution >= 0.6 is 11.3 Å². The number of fused-ring (bicyclic) bond motifs is 1. The van der Waals surface area contributed by atoms with Gasteiger partial charge in [-0.05, 0) is 23.3 Å². The van der Waals surface area contributed by atoms with E-state index in [4.69, 9.17) is 19.4 Å². The third-order valence-electron chi connectivity index (χ3n) is 5.61. The normalized spacial score (nSPS) is 14.1. The molecule has 0 atom stereocenters. The van der Waals surface area contributed by atoms with Gasteiger partial charge in [0.15, 0.2) is 5.82 Å². The molecule has 0 saturated carbocycles. The highest BCUT2D eigenvalue weighted by atomic mass is 32.1. The van der Waals surface area contributed by atoms with Gasteiger partial charge in [-0.1, -0.05) is 42.5 Å². The molecule has 1 N–H and O–H groups in total. The third kappa shape index (κ3) is 4.46. The van der Waals surface area contributed by atoms with Crippen molar-refractivity contribution >= 4 is 33.1 Å². The van der Waals surface area contributed by atoms with E-state index in [-0.39, 0.29) is 0 Å². The maximum absolute atomic E-state index is 5.46. The number of thiophene rings is 1. The highest BCUT2D eigenvalue weighted by Gasteiger charge is 2.16. The zero-order valence-electron chi connectivity index (χ0n) is 18.1. The number of hydrogen-bond acceptors (Lipinski definition) is 7. The molecule has 1 saturated heterocycles. The summed E-state index contributed by atoms with van der Waals surface area (Å²) in [7, 11) is 1.67. The summed E-state index contributed by atoms with van der Waals surface area (Å²) in [4.78, 5) is 12.8. The molecule has 0 unspecified atom stereocenters. The highest BCUT2D eigenvalue weighted by Crippen LogP contribution is 2.37. The lowest BCUT2D eigenvalue weighted by molar-refractivity contribution is 0.122. The van der Waals surface area contributed by atoms with E-state index in [1.807, 2.05) is 6.07 Å². The van der Waals surface area contributed by atoms with Crippen molar-refractivity contribution in [3.05, 3.63) is 71.4 Å². The van der Waals surface area contributed by atoms with Gasteiger partial charge in [0.1, 0.15) is 17.3 Å². The van der Waals surface area contributed by atoms with Crippen molar-refractivity contribution in [2.45, 2.75) is 13.2 Å². The summed E-state index contributed by atoms with van der Waals surface area (Å²) < 4.78 is 10.8. The Labute approximate surface area is 191 Å². The van der Waals surface area contributed by atoms with E-state index in [1.165, 1.54) is 16.8 Å². The molecule has 4 aromatic rings. The second kappa shape index (κ2) is 9.65. The molecule has 6 nitrogen and oxygen atoms in total. The number of methoxy groups -OCH3 is 1. The molecule has 1 aliphatic heterocycles. The van der Waals surface area contributed by atoms with E-state index < -0.39 is 0 Å². The van der Waals surface area contributed by atoms with Gasteiger partial charge in [-0.2, -0.15) is 0 Å². The molecule has 1 aliphatic rings. The van der Waals surface area contributed by atoms with Gasteiger partial charge in [0, 0.05) is 43.4 Å². The Morgan fingerprint density at radius 2 is 1.81 bits per heavy atom. The van der Waals surface area contributed by atoms with Crippen molar-refractivity contribution in [2.24, 2.45) is 0 Å². The lowest BCUT2D eigenvalue weighted by Crippen LogP contribution is -2.36. The molecule has 5 rings (SSSR count). The van der Waals surface area contributed by atoms with Crippen LogP contribution in [-0.2, 0) is 22.6 Å². The van der Waals surface area contributed by atoms with Crippen LogP contribution in [0.2, 0.25) is 0 Å². The van der Waals surface area contributed by atoms with Crippen molar-refractivity contribution in [2.75, 3.05) is 43.6 Å². The first-order valence-electron chi connectivity index (χ1n) is 10.8. The Morgan fingerprint density at radius 1 is 1.03 bits per heavy atom. The summed E-state index contributed by atoms with van der Waals surface area (Å²) in [5.74, 6) is 1.53. The lowest BCUT2D eigenvalue weighted by Gasteiger charge is -2.28. The monoisotopic (exact) mass is 446 g/mol. The van der Waals surface area contributed by atoms with Crippen LogP contribution in [0.5, 0.6) is 0 Å². The maximum atomic E-state index is 5.46. The Hall–Kier alpha value is -3.00. The summed E-state index contributed by atoms with van der Waals surface area (Å²) in [6.45, 7) is 4.55. The van der Waals surface area contributed by atoms with Gasteiger partial charge >= 0.3 is 0 Å². The highest BCUT2D eigenvalue weighted by molar-refractivity contribution is 7.17. The SMILES string of the molecule is COCc1nc(NCc2ccc(N3CCOCC3)cc2)c2c(-c3ccccc3)csc2n1. The summed E-state index contributed by atoms with van der Waals surface area (Å²) in [5, 5.41) is 6.79. The maximum Gasteiger partial charge on any atom is 0.158 e. The van der Waals surface area contributed by atoms with Gasteiger partial charge in [-0.25, -0.2) is 9.97 Å². The van der Waals surface area contributed by atoms with Gasteiger partial charge in [-0.15, -0.1) is 11.3 Å². The van der Waals surface area contributed by atoms with Crippen LogP contribution in [0.1, 0.15) is 11.4 Å². The van der Waals surface area contributed by atoms with Gasteiger partial charge in [0.25, 0.3) is 0 Å². The van der Waals surface area contributed by atoms with Gasteiger partial charge in [0.05, 0.1) is 18.6 Å². The van der Waals surface area contributed by atoms with E-state index in [9.17, 15) is 0 Å². The molecule has 0 aliphatic carbocycles. The average molecular weight is 447 g/mol. The summed E-state index contributed by atoms with van der Waals surface area (Å²) in [6.07, 6.45) is 0. The molecular weight excluding hydrogens is 420 g/mol. The quantitative estimate of drug-likeness (QED) is 0.433. The smallest absolute Gasteiger partial charge is 0.158 e. The molecule has 164 valence electrons. The molecule has 0 amide bonds. The topological polar surface area (TPSA) is 59.5 Å². The molecule has 0 bridgehead atoms. The minimum absolute atomic E-state index is 0.386. The molecule has 2 aromatic heterocycles. The van der Waals surface area contributed by atoms with Crippen LogP contribution in [0.15, 0.2) is 60.0 Å². The Bertz CT molecular complexity index is 1170. The number of nitrogens with zero attached hydrogens (tertiary/aromatic N) is 3. The Balaban J connectivity index is 1.41. The fraction of sp³-hybridized carbons (Fsp3) is 0.280. The zero-order chi connectivity index (χ0) is 21.8. The Morgan fingerprint density at radius 3 is 2.56 bits per heavy atom. The van der Waals surface area contributed by atoms with Crippen LogP contribution in [0.4, 0.5) is 11.5 Å². The number of ether oxygens (including phenoxy) is 2. The summed E-state index contributed by atoms with van der Waals surface area (Å²) in [5.41, 5.74) is 4.77. The molecular formula is C25H26N4O2S. The minimum atomic E-state index is 0.386. The fourth-order valence-corrected chi connectivity index (χ4v) is 4.94. The van der Waals surface area contributed by atoms with E-state index in [2.05, 4.69) is 64.1 Å². The second-order valence-electron chi connectivity index (χ2n) is 7.74. The predicted molar refractivity (Wildman–Crippen MR) is 130 cm³/mol. The number of hydrogen-bond donors (Lipinski definition) is 1. The van der Waals surface area contributed by atoms with Crippen molar-refractivity contribution in [3.8, 4) is 11.1 Å². The molecule has 0 radical (unpaired) electrons. The molecule has 3 heterocycles. The van der Waals surface area contributed by atoms with E-state index >= 15 is 0 Å². The fourth-order valence-electron chi connectivity index (χ4n) is 3.97.